The summed E-state index contributed by atoms with van der Waals surface area (Å²) in [6.07, 6.45) is 8.70. The first-order chi connectivity index (χ1) is 20.9. The van der Waals surface area contributed by atoms with Gasteiger partial charge < -0.3 is 21.3 Å². The lowest BCUT2D eigenvalue weighted by Crippen LogP contribution is -2.38. The van der Waals surface area contributed by atoms with E-state index in [2.05, 4.69) is 41.8 Å². The van der Waals surface area contributed by atoms with E-state index < -0.39 is 0 Å². The molecule has 0 aliphatic heterocycles. The van der Waals surface area contributed by atoms with Crippen molar-refractivity contribution in [2.75, 3.05) is 32.7 Å². The number of nitrogens with zero attached hydrogens (tertiary/aromatic N) is 1. The molecule has 0 aliphatic carbocycles. The average molecular weight is 593 g/mol. The van der Waals surface area contributed by atoms with Crippen LogP contribution in [0.4, 0.5) is 0 Å². The fourth-order valence-corrected chi connectivity index (χ4v) is 5.33. The zero-order chi connectivity index (χ0) is 31.3. The van der Waals surface area contributed by atoms with Crippen LogP contribution in [0.2, 0.25) is 0 Å². The van der Waals surface area contributed by atoms with Crippen LogP contribution >= 0.6 is 0 Å². The molecule has 0 saturated heterocycles. The molecule has 0 heterocycles. The Bertz CT molecular complexity index is 971. The van der Waals surface area contributed by atoms with Crippen molar-refractivity contribution in [2.24, 2.45) is 17.6 Å². The summed E-state index contributed by atoms with van der Waals surface area (Å²) in [5, 5.41) is 6.12. The number of amides is 3. The van der Waals surface area contributed by atoms with Crippen molar-refractivity contribution in [2.45, 2.75) is 90.9 Å². The van der Waals surface area contributed by atoms with Gasteiger partial charge in [0.25, 0.3) is 0 Å². The van der Waals surface area contributed by atoms with E-state index in [0.29, 0.717) is 52.0 Å². The van der Waals surface area contributed by atoms with Gasteiger partial charge in [0.2, 0.25) is 17.7 Å². The fraction of sp³-hybridized carbons (Fsp3) is 0.583. The molecule has 0 saturated carbocycles. The summed E-state index contributed by atoms with van der Waals surface area (Å²) in [7, 11) is 0. The van der Waals surface area contributed by atoms with E-state index in [1.807, 2.05) is 55.1 Å². The second-order valence-electron chi connectivity index (χ2n) is 11.8. The number of carbonyl (C=O) groups excluding carboxylic acids is 3. The molecule has 1 unspecified atom stereocenters. The predicted molar refractivity (Wildman–Crippen MR) is 177 cm³/mol. The van der Waals surface area contributed by atoms with E-state index in [9.17, 15) is 14.4 Å². The van der Waals surface area contributed by atoms with Crippen LogP contribution in [0, 0.1) is 11.8 Å². The van der Waals surface area contributed by atoms with Gasteiger partial charge in [0, 0.05) is 50.4 Å². The summed E-state index contributed by atoms with van der Waals surface area (Å²) in [5.74, 6) is 0.135. The molecule has 43 heavy (non-hydrogen) atoms. The Morgan fingerprint density at radius 3 is 1.60 bits per heavy atom. The molecule has 2 atom stereocenters. The summed E-state index contributed by atoms with van der Waals surface area (Å²) < 4.78 is 0. The molecule has 7 heteroatoms. The van der Waals surface area contributed by atoms with E-state index >= 15 is 0 Å². The van der Waals surface area contributed by atoms with E-state index in [-0.39, 0.29) is 35.5 Å². The second-order valence-corrected chi connectivity index (χ2v) is 11.8. The van der Waals surface area contributed by atoms with Gasteiger partial charge >= 0.3 is 0 Å². The number of hydrogen-bond acceptors (Lipinski definition) is 4. The Kier molecular flexibility index (Phi) is 18.0. The van der Waals surface area contributed by atoms with Gasteiger partial charge in [-0.25, -0.2) is 0 Å². The molecular weight excluding hydrogens is 536 g/mol. The first-order valence-electron chi connectivity index (χ1n) is 16.5. The zero-order valence-corrected chi connectivity index (χ0v) is 26.9. The highest BCUT2D eigenvalue weighted by Gasteiger charge is 2.22. The van der Waals surface area contributed by atoms with Crippen LogP contribution in [-0.2, 0) is 14.4 Å². The molecule has 2 aromatic carbocycles. The maximum Gasteiger partial charge on any atom is 0.223 e. The third-order valence-electron chi connectivity index (χ3n) is 8.17. The molecule has 0 aliphatic rings. The van der Waals surface area contributed by atoms with Crippen molar-refractivity contribution in [1.82, 2.24) is 15.5 Å². The van der Waals surface area contributed by atoms with Crippen LogP contribution in [0.5, 0.6) is 0 Å². The minimum atomic E-state index is -0.0465. The van der Waals surface area contributed by atoms with Crippen molar-refractivity contribution in [3.05, 3.63) is 71.8 Å². The third-order valence-corrected chi connectivity index (χ3v) is 8.17. The van der Waals surface area contributed by atoms with Crippen LogP contribution in [-0.4, -0.2) is 55.3 Å². The monoisotopic (exact) mass is 592 g/mol. The van der Waals surface area contributed by atoms with Crippen molar-refractivity contribution in [1.29, 1.82) is 0 Å². The number of rotatable bonds is 22. The summed E-state index contributed by atoms with van der Waals surface area (Å²) >= 11 is 0. The lowest BCUT2D eigenvalue weighted by molar-refractivity contribution is -0.131. The summed E-state index contributed by atoms with van der Waals surface area (Å²) in [6, 6.07) is 20.4. The Balaban J connectivity index is 2.00. The van der Waals surface area contributed by atoms with Crippen LogP contribution in [0.3, 0.4) is 0 Å². The largest absolute Gasteiger partial charge is 0.356 e. The van der Waals surface area contributed by atoms with Crippen molar-refractivity contribution in [3.8, 4) is 0 Å². The molecule has 0 radical (unpaired) electrons. The highest BCUT2D eigenvalue weighted by Crippen LogP contribution is 2.28. The molecule has 0 fully saturated rings. The Hall–Kier alpha value is -3.19. The van der Waals surface area contributed by atoms with Crippen LogP contribution < -0.4 is 16.4 Å². The summed E-state index contributed by atoms with van der Waals surface area (Å²) in [6.45, 7) is 8.93. The van der Waals surface area contributed by atoms with Crippen molar-refractivity contribution >= 4 is 17.7 Å². The van der Waals surface area contributed by atoms with Gasteiger partial charge in [-0.2, -0.15) is 0 Å². The van der Waals surface area contributed by atoms with Gasteiger partial charge in [0.05, 0.1) is 0 Å². The molecule has 7 nitrogen and oxygen atoms in total. The van der Waals surface area contributed by atoms with Crippen molar-refractivity contribution < 1.29 is 14.4 Å². The predicted octanol–water partition coefficient (Wildman–Crippen LogP) is 6.03. The van der Waals surface area contributed by atoms with E-state index in [1.54, 1.807) is 0 Å². The fourth-order valence-electron chi connectivity index (χ4n) is 5.33. The lowest BCUT2D eigenvalue weighted by Gasteiger charge is -2.26. The smallest absolute Gasteiger partial charge is 0.223 e. The molecule has 0 bridgehead atoms. The van der Waals surface area contributed by atoms with Gasteiger partial charge in [-0.05, 0) is 49.8 Å². The summed E-state index contributed by atoms with van der Waals surface area (Å²) in [5.41, 5.74) is 7.80. The van der Waals surface area contributed by atoms with E-state index in [4.69, 9.17) is 5.73 Å². The average Bonchev–Trinajstić information content (AvgIpc) is 3.03. The Morgan fingerprint density at radius 1 is 0.698 bits per heavy atom. The van der Waals surface area contributed by atoms with Crippen LogP contribution in [0.1, 0.15) is 102 Å². The molecule has 2 rings (SSSR count). The van der Waals surface area contributed by atoms with Gasteiger partial charge in [0.15, 0.2) is 0 Å². The molecule has 2 aromatic rings. The molecule has 238 valence electrons. The normalized spacial score (nSPS) is 12.5. The Morgan fingerprint density at radius 2 is 1.16 bits per heavy atom. The zero-order valence-electron chi connectivity index (χ0n) is 26.9. The lowest BCUT2D eigenvalue weighted by atomic mass is 9.88. The van der Waals surface area contributed by atoms with E-state index in [1.165, 1.54) is 0 Å². The molecule has 0 spiro atoms. The first-order valence-corrected chi connectivity index (χ1v) is 16.5. The minimum Gasteiger partial charge on any atom is -0.356 e. The van der Waals surface area contributed by atoms with Gasteiger partial charge in [-0.15, -0.1) is 0 Å². The topological polar surface area (TPSA) is 105 Å². The number of nitrogens with one attached hydrogen (secondary N) is 2. The molecule has 4 N–H and O–H groups in total. The highest BCUT2D eigenvalue weighted by atomic mass is 16.2. The number of hydrogen-bond donors (Lipinski definition) is 3. The minimum absolute atomic E-state index is 0.00287. The quantitative estimate of drug-likeness (QED) is 0.145. The molecular formula is C36H56N4O3. The maximum atomic E-state index is 13.8. The molecule has 0 aromatic heterocycles. The van der Waals surface area contributed by atoms with Crippen molar-refractivity contribution in [3.63, 3.8) is 0 Å². The second kappa shape index (κ2) is 21.5. The SMILES string of the molecule is CCCCCC(C)C(=O)NCCCN(CCCNC(=O)[C@@H](C)CCCCN)C(=O)CC(c1ccccc1)c1ccccc1. The third kappa shape index (κ3) is 14.2. The number of benzene rings is 2. The summed E-state index contributed by atoms with van der Waals surface area (Å²) in [4.78, 5) is 40.8. The standard InChI is InChI=1S/C36H56N4O3/c1-4-5-8-17-29(2)35(42)38-24-15-26-40(27-16-25-39-36(43)30(3)18-13-14-23-37)34(41)28-33(31-19-9-6-10-20-31)32-21-11-7-12-22-32/h6-7,9-12,19-22,29-30,33H,4-5,8,13-18,23-28,37H2,1-3H3,(H,38,42)(H,39,43)/t29?,30-/m0/s1. The van der Waals surface area contributed by atoms with Gasteiger partial charge in [-0.1, -0.05) is 107 Å². The number of unbranched alkanes of at least 4 members (excludes halogenated alkanes) is 3. The van der Waals surface area contributed by atoms with Crippen LogP contribution in [0.15, 0.2) is 60.7 Å². The van der Waals surface area contributed by atoms with E-state index in [0.717, 1.165) is 56.1 Å². The first kappa shape index (κ1) is 36.0. The molecule has 3 amide bonds. The van der Waals surface area contributed by atoms with Gasteiger partial charge in [-0.3, -0.25) is 14.4 Å². The number of carbonyl (C=O) groups is 3. The van der Waals surface area contributed by atoms with Gasteiger partial charge in [0.1, 0.15) is 0 Å². The highest BCUT2D eigenvalue weighted by molar-refractivity contribution is 5.79. The Labute approximate surface area is 260 Å². The van der Waals surface area contributed by atoms with Crippen LogP contribution in [0.25, 0.3) is 0 Å². The maximum absolute atomic E-state index is 13.8. The number of nitrogens with two attached hydrogens (primary N) is 1.